The zero-order valence-electron chi connectivity index (χ0n) is 9.57. The lowest BCUT2D eigenvalue weighted by Gasteiger charge is -2.04. The highest BCUT2D eigenvalue weighted by Gasteiger charge is 2.38. The molecule has 3 heteroatoms. The molecule has 2 atom stereocenters. The number of hydrogen-bond acceptors (Lipinski definition) is 2. The van der Waals surface area contributed by atoms with E-state index in [2.05, 4.69) is 22.8 Å². The Labute approximate surface area is 96.2 Å². The van der Waals surface area contributed by atoms with Gasteiger partial charge in [-0.05, 0) is 19.0 Å². The Kier molecular flexibility index (Phi) is 3.57. The summed E-state index contributed by atoms with van der Waals surface area (Å²) < 4.78 is 0. The van der Waals surface area contributed by atoms with Gasteiger partial charge < -0.3 is 10.6 Å². The summed E-state index contributed by atoms with van der Waals surface area (Å²) in [7, 11) is 1.86. The van der Waals surface area contributed by atoms with Crippen molar-refractivity contribution >= 4 is 5.91 Å². The normalized spacial score (nSPS) is 22.8. The van der Waals surface area contributed by atoms with Crippen molar-refractivity contribution in [3.05, 3.63) is 35.9 Å². The molecular weight excluding hydrogens is 200 g/mol. The van der Waals surface area contributed by atoms with E-state index in [0.29, 0.717) is 18.4 Å². The molecule has 16 heavy (non-hydrogen) atoms. The zero-order valence-corrected chi connectivity index (χ0v) is 9.57. The largest absolute Gasteiger partial charge is 0.353 e. The van der Waals surface area contributed by atoms with Crippen molar-refractivity contribution in [2.75, 3.05) is 13.6 Å². The number of nitrogens with one attached hydrogen (secondary N) is 2. The average Bonchev–Trinajstić information content (AvgIpc) is 3.07. The van der Waals surface area contributed by atoms with Crippen LogP contribution in [0.1, 0.15) is 24.3 Å². The minimum Gasteiger partial charge on any atom is -0.353 e. The monoisotopic (exact) mass is 218 g/mol. The maximum absolute atomic E-state index is 11.5. The van der Waals surface area contributed by atoms with Crippen LogP contribution >= 0.6 is 0 Å². The van der Waals surface area contributed by atoms with E-state index in [-0.39, 0.29) is 5.91 Å². The molecule has 86 valence electrons. The molecular formula is C13H18N2O. The molecule has 1 saturated carbocycles. The molecule has 2 rings (SSSR count). The fourth-order valence-corrected chi connectivity index (χ4v) is 1.94. The Balaban J connectivity index is 1.77. The highest BCUT2D eigenvalue weighted by Crippen LogP contribution is 2.40. The molecule has 1 aromatic rings. The minimum absolute atomic E-state index is 0.151. The predicted octanol–water partition coefficient (Wildman–Crippen LogP) is 1.27. The third-order valence-corrected chi connectivity index (χ3v) is 2.97. The highest BCUT2D eigenvalue weighted by molar-refractivity contribution is 5.77. The summed E-state index contributed by atoms with van der Waals surface area (Å²) in [4.78, 5) is 11.5. The van der Waals surface area contributed by atoms with Crippen molar-refractivity contribution in [1.82, 2.24) is 10.6 Å². The van der Waals surface area contributed by atoms with Gasteiger partial charge in [-0.2, -0.15) is 0 Å². The number of carbonyl (C=O) groups is 1. The smallest absolute Gasteiger partial charge is 0.221 e. The molecule has 1 amide bonds. The number of benzene rings is 1. The quantitative estimate of drug-likeness (QED) is 0.781. The first kappa shape index (κ1) is 11.1. The van der Waals surface area contributed by atoms with E-state index in [0.717, 1.165) is 13.0 Å². The maximum Gasteiger partial charge on any atom is 0.221 e. The van der Waals surface area contributed by atoms with Crippen molar-refractivity contribution in [2.45, 2.75) is 24.8 Å². The van der Waals surface area contributed by atoms with E-state index in [1.54, 1.807) is 0 Å². The molecule has 2 unspecified atom stereocenters. The maximum atomic E-state index is 11.5. The average molecular weight is 218 g/mol. The predicted molar refractivity (Wildman–Crippen MR) is 64.3 cm³/mol. The molecule has 0 radical (unpaired) electrons. The minimum atomic E-state index is 0.151. The van der Waals surface area contributed by atoms with Crippen LogP contribution < -0.4 is 10.6 Å². The molecule has 0 saturated heterocycles. The van der Waals surface area contributed by atoms with E-state index in [9.17, 15) is 4.79 Å². The molecule has 1 aromatic carbocycles. The van der Waals surface area contributed by atoms with E-state index in [1.165, 1.54) is 5.56 Å². The Morgan fingerprint density at radius 2 is 2.12 bits per heavy atom. The first-order chi connectivity index (χ1) is 7.81. The molecule has 1 aliphatic carbocycles. The van der Waals surface area contributed by atoms with Gasteiger partial charge in [-0.1, -0.05) is 30.3 Å². The fraction of sp³-hybridized carbons (Fsp3) is 0.462. The second-order valence-corrected chi connectivity index (χ2v) is 4.28. The number of rotatable bonds is 5. The summed E-state index contributed by atoms with van der Waals surface area (Å²) in [5.74, 6) is 0.678. The van der Waals surface area contributed by atoms with E-state index in [1.807, 2.05) is 25.2 Å². The van der Waals surface area contributed by atoms with Crippen LogP contribution in [-0.4, -0.2) is 25.5 Å². The van der Waals surface area contributed by atoms with Crippen LogP contribution in [-0.2, 0) is 4.79 Å². The number of carbonyl (C=O) groups excluding carboxylic acids is 1. The highest BCUT2D eigenvalue weighted by atomic mass is 16.1. The molecule has 0 spiro atoms. The summed E-state index contributed by atoms with van der Waals surface area (Å²) in [6, 6.07) is 10.7. The Hall–Kier alpha value is -1.35. The van der Waals surface area contributed by atoms with Crippen molar-refractivity contribution < 1.29 is 4.79 Å². The molecule has 2 N–H and O–H groups in total. The standard InChI is InChI=1S/C13H18N2O/c1-14-8-7-13(16)15-12-9-11(12)10-5-3-2-4-6-10/h2-6,11-12,14H,7-9H2,1H3,(H,15,16). The van der Waals surface area contributed by atoms with Gasteiger partial charge in [-0.15, -0.1) is 0 Å². The van der Waals surface area contributed by atoms with Gasteiger partial charge in [0.25, 0.3) is 0 Å². The van der Waals surface area contributed by atoms with Gasteiger partial charge in [-0.25, -0.2) is 0 Å². The van der Waals surface area contributed by atoms with Gasteiger partial charge in [0.15, 0.2) is 0 Å². The van der Waals surface area contributed by atoms with E-state index >= 15 is 0 Å². The molecule has 0 aromatic heterocycles. The first-order valence-corrected chi connectivity index (χ1v) is 5.80. The second-order valence-electron chi connectivity index (χ2n) is 4.28. The van der Waals surface area contributed by atoms with Crippen LogP contribution in [0.15, 0.2) is 30.3 Å². The summed E-state index contributed by atoms with van der Waals surface area (Å²) in [5.41, 5.74) is 1.33. The van der Waals surface area contributed by atoms with Crippen LogP contribution in [0.25, 0.3) is 0 Å². The van der Waals surface area contributed by atoms with Crippen molar-refractivity contribution in [2.24, 2.45) is 0 Å². The Bertz CT molecular complexity index is 350. The van der Waals surface area contributed by atoms with E-state index in [4.69, 9.17) is 0 Å². The van der Waals surface area contributed by atoms with Gasteiger partial charge in [-0.3, -0.25) is 4.79 Å². The van der Waals surface area contributed by atoms with Crippen LogP contribution in [0.3, 0.4) is 0 Å². The number of hydrogen-bond donors (Lipinski definition) is 2. The summed E-state index contributed by atoms with van der Waals surface area (Å²) in [6.45, 7) is 0.745. The van der Waals surface area contributed by atoms with Gasteiger partial charge in [0.2, 0.25) is 5.91 Å². The lowest BCUT2D eigenvalue weighted by Crippen LogP contribution is -2.29. The molecule has 1 fully saturated rings. The summed E-state index contributed by atoms with van der Waals surface area (Å²) >= 11 is 0. The SMILES string of the molecule is CNCCC(=O)NC1CC1c1ccccc1. The fourth-order valence-electron chi connectivity index (χ4n) is 1.94. The van der Waals surface area contributed by atoms with Crippen molar-refractivity contribution in [3.63, 3.8) is 0 Å². The Morgan fingerprint density at radius 3 is 2.81 bits per heavy atom. The molecule has 0 bridgehead atoms. The van der Waals surface area contributed by atoms with Crippen LogP contribution in [0.2, 0.25) is 0 Å². The molecule has 1 aliphatic rings. The van der Waals surface area contributed by atoms with Crippen LogP contribution in [0, 0.1) is 0 Å². The van der Waals surface area contributed by atoms with Crippen LogP contribution in [0.4, 0.5) is 0 Å². The lowest BCUT2D eigenvalue weighted by molar-refractivity contribution is -0.121. The molecule has 3 nitrogen and oxygen atoms in total. The van der Waals surface area contributed by atoms with Gasteiger partial charge >= 0.3 is 0 Å². The first-order valence-electron chi connectivity index (χ1n) is 5.80. The third-order valence-electron chi connectivity index (χ3n) is 2.97. The van der Waals surface area contributed by atoms with E-state index < -0.39 is 0 Å². The van der Waals surface area contributed by atoms with Crippen molar-refractivity contribution in [1.29, 1.82) is 0 Å². The van der Waals surface area contributed by atoms with Gasteiger partial charge in [0.1, 0.15) is 0 Å². The van der Waals surface area contributed by atoms with Crippen LogP contribution in [0.5, 0.6) is 0 Å². The van der Waals surface area contributed by atoms with Crippen molar-refractivity contribution in [3.8, 4) is 0 Å². The lowest BCUT2D eigenvalue weighted by atomic mass is 10.1. The van der Waals surface area contributed by atoms with Gasteiger partial charge in [0, 0.05) is 24.9 Å². The topological polar surface area (TPSA) is 41.1 Å². The Morgan fingerprint density at radius 1 is 1.38 bits per heavy atom. The summed E-state index contributed by atoms with van der Waals surface area (Å²) in [5, 5.41) is 6.03. The second kappa shape index (κ2) is 5.12. The summed E-state index contributed by atoms with van der Waals surface area (Å²) in [6.07, 6.45) is 1.64. The zero-order chi connectivity index (χ0) is 11.4. The molecule has 0 aliphatic heterocycles. The number of amides is 1. The molecule has 0 heterocycles. The van der Waals surface area contributed by atoms with Gasteiger partial charge in [0.05, 0.1) is 0 Å². The third kappa shape index (κ3) is 2.83.